The second-order valence-corrected chi connectivity index (χ2v) is 3.55. The molecule has 1 N–H and O–H groups in total. The van der Waals surface area contributed by atoms with Gasteiger partial charge in [0.1, 0.15) is 5.75 Å². The first-order chi connectivity index (χ1) is 7.79. The molecule has 84 valence electrons. The fourth-order valence-electron chi connectivity index (χ4n) is 1.35. The highest BCUT2D eigenvalue weighted by Crippen LogP contribution is 2.20. The van der Waals surface area contributed by atoms with Crippen LogP contribution in [0, 0.1) is 0 Å². The predicted molar refractivity (Wildman–Crippen MR) is 57.8 cm³/mol. The van der Waals surface area contributed by atoms with Crippen LogP contribution in [0.2, 0.25) is 0 Å². The zero-order valence-corrected chi connectivity index (χ0v) is 9.05. The number of rotatable bonds is 4. The van der Waals surface area contributed by atoms with Crippen LogP contribution in [0.3, 0.4) is 0 Å². The highest BCUT2D eigenvalue weighted by Gasteiger charge is 2.09. The van der Waals surface area contributed by atoms with Gasteiger partial charge < -0.3 is 9.63 Å². The first-order valence-corrected chi connectivity index (χ1v) is 5.26. The van der Waals surface area contributed by atoms with Crippen molar-refractivity contribution in [2.45, 2.75) is 26.2 Å². The topological polar surface area (TPSA) is 72.0 Å². The Morgan fingerprint density at radius 3 is 3.00 bits per heavy atom. The molecule has 2 aromatic rings. The van der Waals surface area contributed by atoms with E-state index in [9.17, 15) is 5.11 Å². The lowest BCUT2D eigenvalue weighted by molar-refractivity contribution is 0.420. The van der Waals surface area contributed by atoms with E-state index >= 15 is 0 Å². The van der Waals surface area contributed by atoms with Crippen LogP contribution < -0.4 is 0 Å². The van der Waals surface area contributed by atoms with Gasteiger partial charge in [0.2, 0.25) is 0 Å². The van der Waals surface area contributed by atoms with Gasteiger partial charge in [-0.3, -0.25) is 4.98 Å². The van der Waals surface area contributed by atoms with Crippen molar-refractivity contribution in [2.75, 3.05) is 0 Å². The Morgan fingerprint density at radius 1 is 1.38 bits per heavy atom. The Bertz CT molecular complexity index is 468. The van der Waals surface area contributed by atoms with E-state index in [0.29, 0.717) is 17.3 Å². The third-order valence-electron chi connectivity index (χ3n) is 2.19. The summed E-state index contributed by atoms with van der Waals surface area (Å²) in [6, 6.07) is 1.55. The SMILES string of the molecule is CCCCc1noc(-c2cncc(O)c2)n1. The number of hydrogen-bond acceptors (Lipinski definition) is 5. The minimum absolute atomic E-state index is 0.0887. The lowest BCUT2D eigenvalue weighted by Crippen LogP contribution is -1.87. The molecular weight excluding hydrogens is 206 g/mol. The molecule has 0 aromatic carbocycles. The van der Waals surface area contributed by atoms with E-state index in [4.69, 9.17) is 4.52 Å². The molecule has 0 unspecified atom stereocenters. The van der Waals surface area contributed by atoms with E-state index in [0.717, 1.165) is 19.3 Å². The second kappa shape index (κ2) is 4.74. The molecule has 2 aromatic heterocycles. The Morgan fingerprint density at radius 2 is 2.25 bits per heavy atom. The van der Waals surface area contributed by atoms with Crippen molar-refractivity contribution in [3.05, 3.63) is 24.3 Å². The van der Waals surface area contributed by atoms with E-state index in [1.165, 1.54) is 6.20 Å². The number of unbranched alkanes of at least 4 members (excludes halogenated alkanes) is 1. The van der Waals surface area contributed by atoms with Crippen molar-refractivity contribution in [3.63, 3.8) is 0 Å². The van der Waals surface area contributed by atoms with Crippen molar-refractivity contribution >= 4 is 0 Å². The number of nitrogens with zero attached hydrogens (tertiary/aromatic N) is 3. The number of aromatic nitrogens is 3. The van der Waals surface area contributed by atoms with Crippen LogP contribution in [0.15, 0.2) is 23.0 Å². The van der Waals surface area contributed by atoms with Crippen molar-refractivity contribution < 1.29 is 9.63 Å². The molecule has 0 radical (unpaired) electrons. The Labute approximate surface area is 93.1 Å². The summed E-state index contributed by atoms with van der Waals surface area (Å²) in [5.41, 5.74) is 0.634. The van der Waals surface area contributed by atoms with E-state index < -0.39 is 0 Å². The summed E-state index contributed by atoms with van der Waals surface area (Å²) in [5.74, 6) is 1.18. The predicted octanol–water partition coefficient (Wildman–Crippen LogP) is 2.18. The monoisotopic (exact) mass is 219 g/mol. The molecule has 0 fully saturated rings. The van der Waals surface area contributed by atoms with E-state index in [-0.39, 0.29) is 5.75 Å². The van der Waals surface area contributed by atoms with Crippen LogP contribution in [0.25, 0.3) is 11.5 Å². The quantitative estimate of drug-likeness (QED) is 0.853. The minimum Gasteiger partial charge on any atom is -0.506 e. The van der Waals surface area contributed by atoms with Gasteiger partial charge in [-0.1, -0.05) is 18.5 Å². The largest absolute Gasteiger partial charge is 0.506 e. The lowest BCUT2D eigenvalue weighted by atomic mass is 10.2. The second-order valence-electron chi connectivity index (χ2n) is 3.55. The first kappa shape index (κ1) is 10.6. The smallest absolute Gasteiger partial charge is 0.259 e. The molecule has 0 bridgehead atoms. The summed E-state index contributed by atoms with van der Waals surface area (Å²) >= 11 is 0. The molecule has 16 heavy (non-hydrogen) atoms. The fourth-order valence-corrected chi connectivity index (χ4v) is 1.35. The fraction of sp³-hybridized carbons (Fsp3) is 0.364. The summed E-state index contributed by atoms with van der Waals surface area (Å²) in [7, 11) is 0. The zero-order valence-electron chi connectivity index (χ0n) is 9.05. The lowest BCUT2D eigenvalue weighted by Gasteiger charge is -1.93. The number of pyridine rings is 1. The average molecular weight is 219 g/mol. The molecule has 0 saturated heterocycles. The standard InChI is InChI=1S/C11H13N3O2/c1-2-3-4-10-13-11(16-14-10)8-5-9(15)7-12-6-8/h5-7,15H,2-4H2,1H3. The summed E-state index contributed by atoms with van der Waals surface area (Å²) in [4.78, 5) is 8.08. The van der Waals surface area contributed by atoms with Crippen LogP contribution in [0.5, 0.6) is 5.75 Å². The van der Waals surface area contributed by atoms with Crippen molar-refractivity contribution in [1.29, 1.82) is 0 Å². The van der Waals surface area contributed by atoms with Crippen LogP contribution in [-0.4, -0.2) is 20.2 Å². The highest BCUT2D eigenvalue weighted by molar-refractivity contribution is 5.53. The van der Waals surface area contributed by atoms with Gasteiger partial charge in [-0.25, -0.2) is 0 Å². The molecule has 0 spiro atoms. The maximum absolute atomic E-state index is 9.27. The summed E-state index contributed by atoms with van der Waals surface area (Å²) in [6.45, 7) is 2.11. The van der Waals surface area contributed by atoms with Gasteiger partial charge in [-0.2, -0.15) is 4.98 Å². The van der Waals surface area contributed by atoms with E-state index in [1.807, 2.05) is 0 Å². The van der Waals surface area contributed by atoms with Crippen molar-refractivity contribution in [1.82, 2.24) is 15.1 Å². The molecule has 0 amide bonds. The molecule has 0 aliphatic rings. The van der Waals surface area contributed by atoms with E-state index in [1.54, 1.807) is 12.3 Å². The molecule has 5 heteroatoms. The molecule has 2 rings (SSSR count). The highest BCUT2D eigenvalue weighted by atomic mass is 16.5. The van der Waals surface area contributed by atoms with Gasteiger partial charge in [0.15, 0.2) is 5.82 Å². The van der Waals surface area contributed by atoms with Gasteiger partial charge in [-0.05, 0) is 12.5 Å². The van der Waals surface area contributed by atoms with E-state index in [2.05, 4.69) is 22.0 Å². The summed E-state index contributed by atoms with van der Waals surface area (Å²) in [6.07, 6.45) is 5.88. The molecule has 0 aliphatic heterocycles. The summed E-state index contributed by atoms with van der Waals surface area (Å²) < 4.78 is 5.09. The maximum atomic E-state index is 9.27. The Kier molecular flexibility index (Phi) is 3.14. The minimum atomic E-state index is 0.0887. The first-order valence-electron chi connectivity index (χ1n) is 5.26. The van der Waals surface area contributed by atoms with Gasteiger partial charge >= 0.3 is 0 Å². The van der Waals surface area contributed by atoms with Crippen LogP contribution in [0.1, 0.15) is 25.6 Å². The van der Waals surface area contributed by atoms with Crippen LogP contribution in [-0.2, 0) is 6.42 Å². The van der Waals surface area contributed by atoms with Gasteiger partial charge in [-0.15, -0.1) is 0 Å². The van der Waals surface area contributed by atoms with Gasteiger partial charge in [0.05, 0.1) is 11.8 Å². The molecule has 0 atom stereocenters. The normalized spacial score (nSPS) is 10.6. The number of hydrogen-bond donors (Lipinski definition) is 1. The Hall–Kier alpha value is -1.91. The van der Waals surface area contributed by atoms with Crippen LogP contribution in [0.4, 0.5) is 0 Å². The average Bonchev–Trinajstić information content (AvgIpc) is 2.75. The van der Waals surface area contributed by atoms with Crippen LogP contribution >= 0.6 is 0 Å². The number of aryl methyl sites for hydroxylation is 1. The third-order valence-corrected chi connectivity index (χ3v) is 2.19. The maximum Gasteiger partial charge on any atom is 0.259 e. The van der Waals surface area contributed by atoms with Gasteiger partial charge in [0.25, 0.3) is 5.89 Å². The zero-order chi connectivity index (χ0) is 11.4. The molecule has 0 saturated carbocycles. The molecular formula is C11H13N3O2. The number of aromatic hydroxyl groups is 1. The third kappa shape index (κ3) is 2.36. The van der Waals surface area contributed by atoms with Crippen molar-refractivity contribution in [3.8, 4) is 17.2 Å². The molecule has 5 nitrogen and oxygen atoms in total. The molecule has 2 heterocycles. The van der Waals surface area contributed by atoms with Gasteiger partial charge in [0, 0.05) is 12.6 Å². The van der Waals surface area contributed by atoms with Crippen molar-refractivity contribution in [2.24, 2.45) is 0 Å². The Balaban J connectivity index is 2.18. The molecule has 0 aliphatic carbocycles. The summed E-state index contributed by atoms with van der Waals surface area (Å²) in [5, 5.41) is 13.1.